The van der Waals surface area contributed by atoms with Gasteiger partial charge in [0, 0.05) is 41.7 Å². The Morgan fingerprint density at radius 1 is 1.10 bits per heavy atom. The Bertz CT molecular complexity index is 888. The summed E-state index contributed by atoms with van der Waals surface area (Å²) in [6.45, 7) is 5.72. The fourth-order valence-electron chi connectivity index (χ4n) is 3.51. The van der Waals surface area contributed by atoms with Crippen LogP contribution < -0.4 is 14.8 Å². The summed E-state index contributed by atoms with van der Waals surface area (Å²) in [4.78, 5) is 13.6. The lowest BCUT2D eigenvalue weighted by Gasteiger charge is -2.17. The van der Waals surface area contributed by atoms with E-state index in [1.165, 1.54) is 0 Å². The van der Waals surface area contributed by atoms with E-state index >= 15 is 0 Å². The Balaban J connectivity index is 1.58. The van der Waals surface area contributed by atoms with Crippen molar-refractivity contribution < 1.29 is 14.3 Å². The second kappa shape index (κ2) is 11.8. The van der Waals surface area contributed by atoms with Crippen molar-refractivity contribution in [3.05, 3.63) is 56.5 Å². The minimum absolute atomic E-state index is 0.186. The molecule has 1 saturated heterocycles. The van der Waals surface area contributed by atoms with Crippen LogP contribution in [0.3, 0.4) is 0 Å². The third-order valence-corrected chi connectivity index (χ3v) is 6.06. The number of rotatable bonds is 11. The van der Waals surface area contributed by atoms with E-state index in [1.54, 1.807) is 18.2 Å². The second-order valence-corrected chi connectivity index (χ2v) is 8.56. The number of benzene rings is 2. The Morgan fingerprint density at radius 2 is 1.87 bits per heavy atom. The van der Waals surface area contributed by atoms with Crippen molar-refractivity contribution in [2.75, 3.05) is 26.2 Å². The van der Waals surface area contributed by atoms with Crippen molar-refractivity contribution in [2.45, 2.75) is 39.3 Å². The van der Waals surface area contributed by atoms with Crippen molar-refractivity contribution in [1.82, 2.24) is 10.2 Å². The van der Waals surface area contributed by atoms with Crippen LogP contribution in [0.4, 0.5) is 0 Å². The summed E-state index contributed by atoms with van der Waals surface area (Å²) < 4.78 is 11.7. The van der Waals surface area contributed by atoms with Crippen LogP contribution in [-0.4, -0.2) is 37.0 Å². The van der Waals surface area contributed by atoms with Gasteiger partial charge in [0.1, 0.15) is 6.61 Å². The molecule has 31 heavy (non-hydrogen) atoms. The number of likely N-dealkylation sites (tertiary alicyclic amines) is 1. The van der Waals surface area contributed by atoms with Gasteiger partial charge in [0.25, 0.3) is 0 Å². The smallest absolute Gasteiger partial charge is 0.222 e. The first-order chi connectivity index (χ1) is 15.0. The van der Waals surface area contributed by atoms with Crippen LogP contribution in [0, 0.1) is 0 Å². The average molecular weight is 486 g/mol. The molecule has 1 aliphatic heterocycles. The Hall–Kier alpha value is -1.66. The molecule has 0 radical (unpaired) electrons. The van der Waals surface area contributed by atoms with Crippen LogP contribution in [-0.2, 0) is 17.9 Å². The lowest BCUT2D eigenvalue weighted by molar-refractivity contribution is -0.127. The quantitative estimate of drug-likeness (QED) is 0.413. The normalized spacial score (nSPS) is 13.7. The summed E-state index contributed by atoms with van der Waals surface area (Å²) in [5.41, 5.74) is 1.69. The molecule has 0 aliphatic carbocycles. The van der Waals surface area contributed by atoms with Gasteiger partial charge in [-0.2, -0.15) is 0 Å². The van der Waals surface area contributed by atoms with Gasteiger partial charge in [-0.1, -0.05) is 40.9 Å². The summed E-state index contributed by atoms with van der Waals surface area (Å²) >= 11 is 19.0. The average Bonchev–Trinajstić information content (AvgIpc) is 3.14. The van der Waals surface area contributed by atoms with Crippen molar-refractivity contribution in [2.24, 2.45) is 0 Å². The molecular formula is C23H27Cl3N2O3. The molecule has 0 aromatic heterocycles. The van der Waals surface area contributed by atoms with E-state index in [0.717, 1.165) is 38.0 Å². The van der Waals surface area contributed by atoms with Crippen LogP contribution >= 0.6 is 34.8 Å². The number of ether oxygens (including phenoxy) is 2. The van der Waals surface area contributed by atoms with E-state index < -0.39 is 0 Å². The fraction of sp³-hybridized carbons (Fsp3) is 0.435. The molecule has 1 aliphatic rings. The number of carbonyl (C=O) groups is 1. The maximum absolute atomic E-state index is 11.7. The van der Waals surface area contributed by atoms with Crippen LogP contribution in [0.5, 0.6) is 11.5 Å². The number of halogens is 3. The SMILES string of the molecule is CCOc1cc(CNCCCN2CCCC2=O)cc(Cl)c1OCc1c(Cl)cccc1Cl. The Labute approximate surface area is 198 Å². The molecule has 1 N–H and O–H groups in total. The maximum Gasteiger partial charge on any atom is 0.222 e. The number of amides is 1. The fourth-order valence-corrected chi connectivity index (χ4v) is 4.30. The zero-order valence-electron chi connectivity index (χ0n) is 17.6. The summed E-state index contributed by atoms with van der Waals surface area (Å²) in [7, 11) is 0. The molecule has 1 heterocycles. The highest BCUT2D eigenvalue weighted by Crippen LogP contribution is 2.38. The predicted molar refractivity (Wildman–Crippen MR) is 126 cm³/mol. The lowest BCUT2D eigenvalue weighted by Crippen LogP contribution is -2.28. The van der Waals surface area contributed by atoms with E-state index in [9.17, 15) is 4.79 Å². The molecule has 0 atom stereocenters. The summed E-state index contributed by atoms with van der Waals surface area (Å²) in [6.07, 6.45) is 2.57. The zero-order valence-corrected chi connectivity index (χ0v) is 19.8. The standard InChI is InChI=1S/C23H27Cl3N2O3/c1-2-30-21-13-16(14-27-9-5-11-28-10-4-8-22(28)29)12-20(26)23(21)31-15-17-18(24)6-3-7-19(17)25/h3,6-7,12-13,27H,2,4-5,8-11,14-15H2,1H3. The molecular weight excluding hydrogens is 459 g/mol. The molecule has 1 amide bonds. The van der Waals surface area contributed by atoms with E-state index in [0.29, 0.717) is 51.7 Å². The lowest BCUT2D eigenvalue weighted by atomic mass is 10.2. The molecule has 0 saturated carbocycles. The van der Waals surface area contributed by atoms with Gasteiger partial charge in [-0.25, -0.2) is 0 Å². The van der Waals surface area contributed by atoms with Gasteiger partial charge in [0.05, 0.1) is 11.6 Å². The number of carbonyl (C=O) groups excluding carboxylic acids is 1. The molecule has 3 rings (SSSR count). The molecule has 0 spiro atoms. The third kappa shape index (κ3) is 6.66. The molecule has 168 valence electrons. The number of hydrogen-bond acceptors (Lipinski definition) is 4. The van der Waals surface area contributed by atoms with Gasteiger partial charge in [0.2, 0.25) is 5.91 Å². The first-order valence-electron chi connectivity index (χ1n) is 10.5. The summed E-state index contributed by atoms with van der Waals surface area (Å²) in [5, 5.41) is 4.95. The van der Waals surface area contributed by atoms with Gasteiger partial charge >= 0.3 is 0 Å². The first kappa shape index (κ1) is 24.0. The van der Waals surface area contributed by atoms with Crippen molar-refractivity contribution in [1.29, 1.82) is 0 Å². The van der Waals surface area contributed by atoms with Crippen LogP contribution in [0.25, 0.3) is 0 Å². The van der Waals surface area contributed by atoms with E-state index in [-0.39, 0.29) is 12.5 Å². The monoisotopic (exact) mass is 484 g/mol. The van der Waals surface area contributed by atoms with E-state index in [2.05, 4.69) is 5.32 Å². The zero-order chi connectivity index (χ0) is 22.2. The Morgan fingerprint density at radius 3 is 2.55 bits per heavy atom. The molecule has 2 aromatic rings. The minimum atomic E-state index is 0.186. The second-order valence-electron chi connectivity index (χ2n) is 7.34. The number of nitrogens with zero attached hydrogens (tertiary/aromatic N) is 1. The van der Waals surface area contributed by atoms with E-state index in [4.69, 9.17) is 44.3 Å². The highest BCUT2D eigenvalue weighted by Gasteiger charge is 2.19. The van der Waals surface area contributed by atoms with E-state index in [1.807, 2.05) is 24.0 Å². The predicted octanol–water partition coefficient (Wildman–Crippen LogP) is 5.73. The van der Waals surface area contributed by atoms with Crippen LogP contribution in [0.2, 0.25) is 15.1 Å². The van der Waals surface area contributed by atoms with Gasteiger partial charge in [0.15, 0.2) is 11.5 Å². The highest BCUT2D eigenvalue weighted by molar-refractivity contribution is 6.36. The third-order valence-electron chi connectivity index (χ3n) is 5.07. The van der Waals surface area contributed by atoms with Crippen molar-refractivity contribution in [3.63, 3.8) is 0 Å². The summed E-state index contributed by atoms with van der Waals surface area (Å²) in [5.74, 6) is 1.32. The van der Waals surface area contributed by atoms with Crippen LogP contribution in [0.15, 0.2) is 30.3 Å². The maximum atomic E-state index is 11.7. The largest absolute Gasteiger partial charge is 0.490 e. The van der Waals surface area contributed by atoms with Gasteiger partial charge < -0.3 is 19.7 Å². The molecule has 8 heteroatoms. The van der Waals surface area contributed by atoms with Crippen molar-refractivity contribution in [3.8, 4) is 11.5 Å². The van der Waals surface area contributed by atoms with Gasteiger partial charge in [-0.05, 0) is 56.1 Å². The topological polar surface area (TPSA) is 50.8 Å². The molecule has 5 nitrogen and oxygen atoms in total. The molecule has 2 aromatic carbocycles. The van der Waals surface area contributed by atoms with Crippen molar-refractivity contribution >= 4 is 40.7 Å². The van der Waals surface area contributed by atoms with Gasteiger partial charge in [-0.15, -0.1) is 0 Å². The number of hydrogen-bond donors (Lipinski definition) is 1. The van der Waals surface area contributed by atoms with Crippen LogP contribution in [0.1, 0.15) is 37.3 Å². The first-order valence-corrected chi connectivity index (χ1v) is 11.6. The highest BCUT2D eigenvalue weighted by atomic mass is 35.5. The molecule has 0 unspecified atom stereocenters. The molecule has 1 fully saturated rings. The number of nitrogens with one attached hydrogen (secondary N) is 1. The summed E-state index contributed by atoms with van der Waals surface area (Å²) in [6, 6.07) is 9.12. The van der Waals surface area contributed by atoms with Gasteiger partial charge in [-0.3, -0.25) is 4.79 Å². The molecule has 0 bridgehead atoms. The minimum Gasteiger partial charge on any atom is -0.490 e. The Kier molecular flexibility index (Phi) is 9.15.